The maximum absolute atomic E-state index is 14.1. The number of carbonyl (C=O) groups excluding carboxylic acids is 2. The fraction of sp³-hybridized carbons (Fsp3) is 0.257. The van der Waals surface area contributed by atoms with Crippen molar-refractivity contribution in [3.63, 3.8) is 0 Å². The van der Waals surface area contributed by atoms with Crippen LogP contribution in [0.1, 0.15) is 68.3 Å². The molecule has 7 heteroatoms. The van der Waals surface area contributed by atoms with Gasteiger partial charge in [-0.2, -0.15) is 0 Å². The van der Waals surface area contributed by atoms with Gasteiger partial charge in [0, 0.05) is 31.8 Å². The van der Waals surface area contributed by atoms with Crippen LogP contribution in [0, 0.1) is 0 Å². The third kappa shape index (κ3) is 6.47. The molecule has 0 spiro atoms. The smallest absolute Gasteiger partial charge is 0.277 e. The molecular weight excluding hydrogens is 528 g/mol. The molecule has 216 valence electrons. The van der Waals surface area contributed by atoms with Crippen LogP contribution in [0.3, 0.4) is 0 Å². The van der Waals surface area contributed by atoms with Crippen LogP contribution in [-0.4, -0.2) is 35.9 Å². The molecule has 0 radical (unpaired) electrons. The van der Waals surface area contributed by atoms with Crippen LogP contribution in [-0.2, 0) is 31.1 Å². The second-order valence-electron chi connectivity index (χ2n) is 10.7. The second-order valence-corrected chi connectivity index (χ2v) is 10.7. The quantitative estimate of drug-likeness (QED) is 0.199. The van der Waals surface area contributed by atoms with Crippen molar-refractivity contribution in [1.29, 1.82) is 0 Å². The zero-order chi connectivity index (χ0) is 29.6. The van der Waals surface area contributed by atoms with E-state index in [1.165, 1.54) is 12.2 Å². The van der Waals surface area contributed by atoms with Crippen LogP contribution in [0.15, 0.2) is 91.0 Å². The lowest BCUT2D eigenvalue weighted by atomic mass is 9.98. The summed E-state index contributed by atoms with van der Waals surface area (Å²) in [5.41, 5.74) is 5.96. The Kier molecular flexibility index (Phi) is 8.88. The van der Waals surface area contributed by atoms with E-state index in [-0.39, 0.29) is 17.7 Å². The van der Waals surface area contributed by atoms with E-state index in [1.54, 1.807) is 18.0 Å². The van der Waals surface area contributed by atoms with Gasteiger partial charge in [-0.3, -0.25) is 14.4 Å². The van der Waals surface area contributed by atoms with Crippen LogP contribution in [0.2, 0.25) is 0 Å². The van der Waals surface area contributed by atoms with Crippen LogP contribution >= 0.6 is 0 Å². The topological polar surface area (TPSA) is 68.3 Å². The Morgan fingerprint density at radius 2 is 1.38 bits per heavy atom. The summed E-state index contributed by atoms with van der Waals surface area (Å²) >= 11 is 0. The Morgan fingerprint density at radius 3 is 1.98 bits per heavy atom. The number of hydrogen-bond acceptors (Lipinski definition) is 5. The molecule has 0 bridgehead atoms. The van der Waals surface area contributed by atoms with Crippen molar-refractivity contribution in [2.24, 2.45) is 0 Å². The number of hydroxylamine groups is 2. The number of ether oxygens (including phenoxy) is 2. The Morgan fingerprint density at radius 1 is 0.786 bits per heavy atom. The van der Waals surface area contributed by atoms with Crippen LogP contribution in [0.25, 0.3) is 0 Å². The molecule has 4 aromatic carbocycles. The van der Waals surface area contributed by atoms with Gasteiger partial charge < -0.3 is 14.4 Å². The maximum atomic E-state index is 14.1. The minimum atomic E-state index is -0.241. The molecule has 7 nitrogen and oxygen atoms in total. The molecule has 0 aromatic heterocycles. The molecule has 0 saturated carbocycles. The first kappa shape index (κ1) is 28.9. The predicted molar refractivity (Wildman–Crippen MR) is 161 cm³/mol. The van der Waals surface area contributed by atoms with E-state index >= 15 is 0 Å². The van der Waals surface area contributed by atoms with Gasteiger partial charge in [0.1, 0.15) is 24.7 Å². The summed E-state index contributed by atoms with van der Waals surface area (Å²) in [6, 6.07) is 29.2. The van der Waals surface area contributed by atoms with Crippen LogP contribution < -0.4 is 9.47 Å². The lowest BCUT2D eigenvalue weighted by Gasteiger charge is -2.22. The third-order valence-corrected chi connectivity index (χ3v) is 7.46. The summed E-state index contributed by atoms with van der Waals surface area (Å²) in [6.45, 7) is 5.75. The summed E-state index contributed by atoms with van der Waals surface area (Å²) in [5, 5.41) is 1.19. The van der Waals surface area contributed by atoms with Crippen molar-refractivity contribution in [2.45, 2.75) is 46.1 Å². The number of benzene rings is 4. The minimum absolute atomic E-state index is 0.118. The van der Waals surface area contributed by atoms with Gasteiger partial charge in [0.25, 0.3) is 11.8 Å². The second kappa shape index (κ2) is 12.9. The van der Waals surface area contributed by atoms with Gasteiger partial charge in [0.05, 0.1) is 12.7 Å². The highest BCUT2D eigenvalue weighted by atomic mass is 16.7. The van der Waals surface area contributed by atoms with Gasteiger partial charge in [-0.1, -0.05) is 80.6 Å². The average molecular weight is 565 g/mol. The number of carbonyl (C=O) groups is 2. The van der Waals surface area contributed by atoms with E-state index in [1.807, 2.05) is 84.9 Å². The average Bonchev–Trinajstić information content (AvgIpc) is 3.46. The number of amides is 2. The van der Waals surface area contributed by atoms with Crippen LogP contribution in [0.5, 0.6) is 11.5 Å². The summed E-state index contributed by atoms with van der Waals surface area (Å²) in [6.07, 6.45) is 0. The molecule has 5 rings (SSSR count). The van der Waals surface area contributed by atoms with Gasteiger partial charge in [0.15, 0.2) is 0 Å². The predicted octanol–water partition coefficient (Wildman–Crippen LogP) is 6.76. The van der Waals surface area contributed by atoms with E-state index in [0.29, 0.717) is 48.9 Å². The minimum Gasteiger partial charge on any atom is -0.488 e. The number of fused-ring (bicyclic) bond motifs is 1. The number of rotatable bonds is 10. The molecule has 1 aliphatic heterocycles. The van der Waals surface area contributed by atoms with Crippen molar-refractivity contribution in [3.8, 4) is 11.5 Å². The molecule has 0 N–H and O–H groups in total. The summed E-state index contributed by atoms with van der Waals surface area (Å²) in [7, 11) is 3.02. The van der Waals surface area contributed by atoms with Gasteiger partial charge >= 0.3 is 0 Å². The van der Waals surface area contributed by atoms with Crippen molar-refractivity contribution < 1.29 is 23.9 Å². The third-order valence-electron chi connectivity index (χ3n) is 7.46. The van der Waals surface area contributed by atoms with E-state index < -0.39 is 0 Å². The van der Waals surface area contributed by atoms with Crippen molar-refractivity contribution in [2.75, 3.05) is 14.2 Å². The lowest BCUT2D eigenvalue weighted by molar-refractivity contribution is -0.0757. The summed E-state index contributed by atoms with van der Waals surface area (Å²) in [5.74, 6) is 0.920. The molecule has 0 aliphatic carbocycles. The fourth-order valence-electron chi connectivity index (χ4n) is 5.02. The highest BCUT2D eigenvalue weighted by Gasteiger charge is 2.29. The maximum Gasteiger partial charge on any atom is 0.277 e. The van der Waals surface area contributed by atoms with Gasteiger partial charge in [0.2, 0.25) is 0 Å². The Balaban J connectivity index is 1.45. The van der Waals surface area contributed by atoms with E-state index in [4.69, 9.17) is 14.3 Å². The number of hydrogen-bond donors (Lipinski definition) is 0. The first-order chi connectivity index (χ1) is 20.3. The Labute approximate surface area is 247 Å². The first-order valence-corrected chi connectivity index (χ1v) is 14.1. The highest BCUT2D eigenvalue weighted by molar-refractivity contribution is 5.98. The summed E-state index contributed by atoms with van der Waals surface area (Å²) < 4.78 is 12.6. The van der Waals surface area contributed by atoms with E-state index in [2.05, 4.69) is 13.8 Å². The molecule has 0 fully saturated rings. The highest BCUT2D eigenvalue weighted by Crippen LogP contribution is 2.37. The molecule has 0 unspecified atom stereocenters. The largest absolute Gasteiger partial charge is 0.488 e. The Bertz CT molecular complexity index is 1550. The molecule has 42 heavy (non-hydrogen) atoms. The summed E-state index contributed by atoms with van der Waals surface area (Å²) in [4.78, 5) is 33.5. The molecule has 1 heterocycles. The van der Waals surface area contributed by atoms with Gasteiger partial charge in [-0.05, 0) is 51.9 Å². The Hall–Kier alpha value is -4.62. The SMILES string of the molecule is CON(C)C(=O)c1ccc2c(c1)CN(C(=O)c1cc(C(C)C)c(OCc3ccccc3)cc1OCc1ccccc1)C2. The molecule has 1 aliphatic rings. The van der Waals surface area contributed by atoms with E-state index in [9.17, 15) is 9.59 Å². The normalized spacial score (nSPS) is 12.3. The lowest BCUT2D eigenvalue weighted by Crippen LogP contribution is -2.26. The molecule has 4 aromatic rings. The number of nitrogens with zero attached hydrogens (tertiary/aromatic N) is 2. The molecule has 0 saturated heterocycles. The van der Waals surface area contributed by atoms with Gasteiger partial charge in [-0.25, -0.2) is 5.06 Å². The van der Waals surface area contributed by atoms with Gasteiger partial charge in [-0.15, -0.1) is 0 Å². The standard InChI is InChI=1S/C35H36N2O5/c1-24(2)30-18-31(35(39)37-20-28-16-15-27(17-29(28)21-37)34(38)36(3)40-4)33(42-23-26-13-9-6-10-14-26)19-32(30)41-22-25-11-7-5-8-12-25/h5-19,24H,20-23H2,1-4H3. The van der Waals surface area contributed by atoms with Crippen molar-refractivity contribution in [3.05, 3.63) is 130 Å². The van der Waals surface area contributed by atoms with Crippen molar-refractivity contribution in [1.82, 2.24) is 9.96 Å². The van der Waals surface area contributed by atoms with Crippen molar-refractivity contribution >= 4 is 11.8 Å². The molecule has 0 atom stereocenters. The monoisotopic (exact) mass is 564 g/mol. The molecular formula is C35H36N2O5. The zero-order valence-corrected chi connectivity index (χ0v) is 24.5. The fourth-order valence-corrected chi connectivity index (χ4v) is 5.02. The zero-order valence-electron chi connectivity index (χ0n) is 24.5. The van der Waals surface area contributed by atoms with Crippen LogP contribution in [0.4, 0.5) is 0 Å². The first-order valence-electron chi connectivity index (χ1n) is 14.1. The molecule has 2 amide bonds. The van der Waals surface area contributed by atoms with E-state index in [0.717, 1.165) is 27.8 Å².